The Morgan fingerprint density at radius 2 is 1.80 bits per heavy atom. The molecule has 0 bridgehead atoms. The molecule has 1 N–H and O–H groups in total. The molecule has 152 valence electrons. The molecule has 0 fully saturated rings. The molecule has 3 aromatic carbocycles. The quantitative estimate of drug-likeness (QED) is 0.490. The molecule has 0 radical (unpaired) electrons. The van der Waals surface area contributed by atoms with Gasteiger partial charge in [-0.1, -0.05) is 41.6 Å². The average Bonchev–Trinajstić information content (AvgIpc) is 3.25. The van der Waals surface area contributed by atoms with Gasteiger partial charge in [-0.2, -0.15) is 0 Å². The number of aromatic nitrogens is 1. The fraction of sp³-hybridized carbons (Fsp3) is 0.130. The van der Waals surface area contributed by atoms with Crippen LogP contribution in [-0.4, -0.2) is 18.2 Å². The molecular formula is C23H19FN2O4. The van der Waals surface area contributed by atoms with Crippen molar-refractivity contribution in [2.75, 3.05) is 7.11 Å². The van der Waals surface area contributed by atoms with E-state index >= 15 is 0 Å². The molecule has 4 rings (SSSR count). The van der Waals surface area contributed by atoms with Gasteiger partial charge < -0.3 is 19.3 Å². The second kappa shape index (κ2) is 8.65. The Balaban J connectivity index is 1.40. The number of carbonyl (C=O) groups is 1. The zero-order chi connectivity index (χ0) is 20.9. The second-order valence-corrected chi connectivity index (χ2v) is 6.59. The Hall–Kier alpha value is -3.87. The van der Waals surface area contributed by atoms with Crippen LogP contribution >= 0.6 is 0 Å². The number of fused-ring (bicyclic) bond motifs is 1. The Morgan fingerprint density at radius 3 is 2.57 bits per heavy atom. The number of hydrogen-bond acceptors (Lipinski definition) is 5. The predicted molar refractivity (Wildman–Crippen MR) is 109 cm³/mol. The number of halogens is 1. The van der Waals surface area contributed by atoms with Crippen molar-refractivity contribution in [3.05, 3.63) is 89.6 Å². The van der Waals surface area contributed by atoms with Gasteiger partial charge in [-0.05, 0) is 29.8 Å². The number of nitrogens with zero attached hydrogens (tertiary/aromatic N) is 1. The van der Waals surface area contributed by atoms with E-state index in [1.807, 2.05) is 36.4 Å². The molecule has 1 amide bonds. The molecule has 1 heterocycles. The maximum absolute atomic E-state index is 13.2. The molecule has 0 saturated heterocycles. The molecule has 0 spiro atoms. The first kappa shape index (κ1) is 19.4. The summed E-state index contributed by atoms with van der Waals surface area (Å²) in [6.07, 6.45) is 0. The van der Waals surface area contributed by atoms with Gasteiger partial charge in [0.1, 0.15) is 23.9 Å². The van der Waals surface area contributed by atoms with E-state index in [1.165, 1.54) is 18.2 Å². The van der Waals surface area contributed by atoms with Gasteiger partial charge in [-0.3, -0.25) is 4.79 Å². The Kier molecular flexibility index (Phi) is 5.61. The highest BCUT2D eigenvalue weighted by Crippen LogP contribution is 2.33. The Morgan fingerprint density at radius 1 is 1.03 bits per heavy atom. The summed E-state index contributed by atoms with van der Waals surface area (Å²) in [6, 6.07) is 19.0. The SMILES string of the molecule is COc1ccc(OCc2cc(C(=O)NCc3cccc(F)c3)no2)c2ccccc12. The molecular weight excluding hydrogens is 387 g/mol. The van der Waals surface area contributed by atoms with Gasteiger partial charge in [0.05, 0.1) is 7.11 Å². The summed E-state index contributed by atoms with van der Waals surface area (Å²) < 4.78 is 29.7. The summed E-state index contributed by atoms with van der Waals surface area (Å²) >= 11 is 0. The lowest BCUT2D eigenvalue weighted by Gasteiger charge is -2.10. The first-order chi connectivity index (χ1) is 14.6. The standard InChI is InChI=1S/C23H19FN2O4/c1-28-21-9-10-22(19-8-3-2-7-18(19)21)29-14-17-12-20(26-30-17)23(27)25-13-15-5-4-6-16(24)11-15/h2-12H,13-14H2,1H3,(H,25,27). The molecule has 6 nitrogen and oxygen atoms in total. The third kappa shape index (κ3) is 4.25. The Labute approximate surface area is 172 Å². The van der Waals surface area contributed by atoms with E-state index in [-0.39, 0.29) is 24.7 Å². The monoisotopic (exact) mass is 406 g/mol. The van der Waals surface area contributed by atoms with E-state index in [9.17, 15) is 9.18 Å². The van der Waals surface area contributed by atoms with Gasteiger partial charge in [-0.15, -0.1) is 0 Å². The van der Waals surface area contributed by atoms with E-state index in [1.54, 1.807) is 19.2 Å². The number of nitrogens with one attached hydrogen (secondary N) is 1. The van der Waals surface area contributed by atoms with E-state index < -0.39 is 5.91 Å². The second-order valence-electron chi connectivity index (χ2n) is 6.59. The zero-order valence-electron chi connectivity index (χ0n) is 16.2. The van der Waals surface area contributed by atoms with Crippen LogP contribution in [0.2, 0.25) is 0 Å². The molecule has 30 heavy (non-hydrogen) atoms. The summed E-state index contributed by atoms with van der Waals surface area (Å²) in [6.45, 7) is 0.299. The van der Waals surface area contributed by atoms with Gasteiger partial charge in [0, 0.05) is 23.4 Å². The molecule has 0 atom stereocenters. The first-order valence-corrected chi connectivity index (χ1v) is 9.31. The van der Waals surface area contributed by atoms with Crippen LogP contribution in [0.1, 0.15) is 21.8 Å². The van der Waals surface area contributed by atoms with Crippen LogP contribution in [0, 0.1) is 5.82 Å². The van der Waals surface area contributed by atoms with Crippen LogP contribution in [0.15, 0.2) is 71.3 Å². The zero-order valence-corrected chi connectivity index (χ0v) is 16.2. The van der Waals surface area contributed by atoms with Crippen molar-refractivity contribution >= 4 is 16.7 Å². The molecule has 1 aromatic heterocycles. The fourth-order valence-corrected chi connectivity index (χ4v) is 3.10. The minimum atomic E-state index is -0.413. The van der Waals surface area contributed by atoms with Gasteiger partial charge in [0.25, 0.3) is 5.91 Å². The highest BCUT2D eigenvalue weighted by atomic mass is 19.1. The first-order valence-electron chi connectivity index (χ1n) is 9.31. The summed E-state index contributed by atoms with van der Waals surface area (Å²) in [4.78, 5) is 12.3. The van der Waals surface area contributed by atoms with Gasteiger partial charge in [0.2, 0.25) is 0 Å². The largest absolute Gasteiger partial charge is 0.496 e. The molecule has 0 aliphatic rings. The van der Waals surface area contributed by atoms with Crippen molar-refractivity contribution in [1.82, 2.24) is 10.5 Å². The maximum atomic E-state index is 13.2. The fourth-order valence-electron chi connectivity index (χ4n) is 3.10. The van der Waals surface area contributed by atoms with Crippen LogP contribution in [0.3, 0.4) is 0 Å². The lowest BCUT2D eigenvalue weighted by molar-refractivity contribution is 0.0941. The third-order valence-electron chi connectivity index (χ3n) is 4.57. The molecule has 0 saturated carbocycles. The van der Waals surface area contributed by atoms with Crippen molar-refractivity contribution in [3.8, 4) is 11.5 Å². The summed E-state index contributed by atoms with van der Waals surface area (Å²) in [5.74, 6) is 1.07. The normalized spacial score (nSPS) is 10.7. The number of carbonyl (C=O) groups excluding carboxylic acids is 1. The van der Waals surface area contributed by atoms with Crippen molar-refractivity contribution in [3.63, 3.8) is 0 Å². The summed E-state index contributed by atoms with van der Waals surface area (Å²) in [7, 11) is 1.62. The predicted octanol–water partition coefficient (Wildman–Crippen LogP) is 4.48. The van der Waals surface area contributed by atoms with Gasteiger partial charge in [0.15, 0.2) is 11.5 Å². The number of hydrogen-bond donors (Lipinski definition) is 1. The topological polar surface area (TPSA) is 73.6 Å². The van der Waals surface area contributed by atoms with Crippen molar-refractivity contribution < 1.29 is 23.2 Å². The highest BCUT2D eigenvalue weighted by molar-refractivity contribution is 5.93. The van der Waals surface area contributed by atoms with Crippen molar-refractivity contribution in [1.29, 1.82) is 0 Å². The molecule has 7 heteroatoms. The van der Waals surface area contributed by atoms with E-state index in [0.29, 0.717) is 17.1 Å². The summed E-state index contributed by atoms with van der Waals surface area (Å²) in [5, 5.41) is 8.31. The number of benzene rings is 3. The molecule has 0 unspecified atom stereocenters. The van der Waals surface area contributed by atoms with Gasteiger partial charge >= 0.3 is 0 Å². The summed E-state index contributed by atoms with van der Waals surface area (Å²) in [5.41, 5.74) is 0.784. The average molecular weight is 406 g/mol. The number of methoxy groups -OCH3 is 1. The molecule has 0 aliphatic carbocycles. The maximum Gasteiger partial charge on any atom is 0.273 e. The van der Waals surface area contributed by atoms with E-state index in [2.05, 4.69) is 10.5 Å². The number of ether oxygens (including phenoxy) is 2. The number of amides is 1. The van der Waals surface area contributed by atoms with Crippen LogP contribution in [0.5, 0.6) is 11.5 Å². The van der Waals surface area contributed by atoms with Crippen molar-refractivity contribution in [2.24, 2.45) is 0 Å². The van der Waals surface area contributed by atoms with Crippen molar-refractivity contribution in [2.45, 2.75) is 13.2 Å². The Bertz CT molecular complexity index is 1190. The van der Waals surface area contributed by atoms with Gasteiger partial charge in [-0.25, -0.2) is 4.39 Å². The molecule has 0 aliphatic heterocycles. The van der Waals surface area contributed by atoms with Crippen LogP contribution in [-0.2, 0) is 13.2 Å². The van der Waals surface area contributed by atoms with E-state index in [4.69, 9.17) is 14.0 Å². The smallest absolute Gasteiger partial charge is 0.273 e. The number of rotatable bonds is 7. The van der Waals surface area contributed by atoms with Crippen LogP contribution < -0.4 is 14.8 Å². The molecule has 4 aromatic rings. The van der Waals surface area contributed by atoms with E-state index in [0.717, 1.165) is 16.5 Å². The highest BCUT2D eigenvalue weighted by Gasteiger charge is 2.14. The lowest BCUT2D eigenvalue weighted by Crippen LogP contribution is -2.23. The third-order valence-corrected chi connectivity index (χ3v) is 4.57. The minimum Gasteiger partial charge on any atom is -0.496 e. The van der Waals surface area contributed by atoms with Crippen LogP contribution in [0.4, 0.5) is 4.39 Å². The lowest BCUT2D eigenvalue weighted by atomic mass is 10.1. The van der Waals surface area contributed by atoms with Crippen LogP contribution in [0.25, 0.3) is 10.8 Å². The minimum absolute atomic E-state index is 0.112.